The molecule has 0 aliphatic rings. The minimum Gasteiger partial charge on any atom is -0.465 e. The number of anilines is 2. The predicted octanol–water partition coefficient (Wildman–Crippen LogP) is 2.42. The van der Waals surface area contributed by atoms with Gasteiger partial charge in [0.25, 0.3) is 0 Å². The largest absolute Gasteiger partial charge is 0.465 e. The Hall–Kier alpha value is -3.50. The lowest BCUT2D eigenvalue weighted by Crippen LogP contribution is -2.32. The van der Waals surface area contributed by atoms with E-state index in [2.05, 4.69) is 15.0 Å². The van der Waals surface area contributed by atoms with Gasteiger partial charge in [-0.3, -0.25) is 19.9 Å². The molecule has 0 atom stereocenters. The molecule has 0 radical (unpaired) electrons. The van der Waals surface area contributed by atoms with Crippen molar-refractivity contribution in [3.63, 3.8) is 0 Å². The molecule has 0 saturated carbocycles. The van der Waals surface area contributed by atoms with Crippen LogP contribution in [0.5, 0.6) is 6.01 Å². The van der Waals surface area contributed by atoms with Crippen LogP contribution < -0.4 is 15.4 Å². The Morgan fingerprint density at radius 3 is 2.67 bits per heavy atom. The number of aryl methyl sites for hydroxylation is 1. The van der Waals surface area contributed by atoms with E-state index in [4.69, 9.17) is 15.2 Å². The summed E-state index contributed by atoms with van der Waals surface area (Å²) in [6.45, 7) is 5.89. The number of aromatic nitrogens is 3. The molecule has 0 spiro atoms. The third-order valence-corrected chi connectivity index (χ3v) is 4.05. The van der Waals surface area contributed by atoms with Crippen LogP contribution in [0.25, 0.3) is 0 Å². The molecule has 11 heteroatoms. The van der Waals surface area contributed by atoms with Crippen molar-refractivity contribution in [1.82, 2.24) is 15.0 Å². The minimum absolute atomic E-state index is 0.0857. The van der Waals surface area contributed by atoms with Crippen LogP contribution in [0.1, 0.15) is 37.9 Å². The molecular weight excluding hydrogens is 392 g/mol. The molecule has 2 aromatic heterocycles. The molecular formula is C19H26N6O5. The Morgan fingerprint density at radius 1 is 1.30 bits per heavy atom. The summed E-state index contributed by atoms with van der Waals surface area (Å²) in [5, 5.41) is 11.7. The lowest BCUT2D eigenvalue weighted by Gasteiger charge is -2.23. The maximum Gasteiger partial charge on any atom is 0.353 e. The monoisotopic (exact) mass is 418 g/mol. The topological polar surface area (TPSA) is 147 Å². The van der Waals surface area contributed by atoms with Gasteiger partial charge >= 0.3 is 17.7 Å². The number of esters is 1. The van der Waals surface area contributed by atoms with Gasteiger partial charge in [0.15, 0.2) is 0 Å². The van der Waals surface area contributed by atoms with Crippen LogP contribution in [0.2, 0.25) is 0 Å². The predicted molar refractivity (Wildman–Crippen MR) is 110 cm³/mol. The van der Waals surface area contributed by atoms with Gasteiger partial charge in [0.05, 0.1) is 18.1 Å². The number of nitrogens with two attached hydrogens (primary N) is 1. The number of hydrogen-bond donors (Lipinski definition) is 1. The van der Waals surface area contributed by atoms with Gasteiger partial charge in [-0.15, -0.1) is 0 Å². The maximum absolute atomic E-state index is 12.2. The average molecular weight is 418 g/mol. The lowest BCUT2D eigenvalue weighted by atomic mass is 10.2. The van der Waals surface area contributed by atoms with E-state index < -0.39 is 16.6 Å². The Kier molecular flexibility index (Phi) is 8.27. The van der Waals surface area contributed by atoms with Crippen molar-refractivity contribution in [1.29, 1.82) is 0 Å². The fourth-order valence-corrected chi connectivity index (χ4v) is 2.59. The highest BCUT2D eigenvalue weighted by Crippen LogP contribution is 2.33. The zero-order valence-corrected chi connectivity index (χ0v) is 17.3. The van der Waals surface area contributed by atoms with E-state index in [9.17, 15) is 14.9 Å². The van der Waals surface area contributed by atoms with Gasteiger partial charge in [0, 0.05) is 18.4 Å². The van der Waals surface area contributed by atoms with E-state index >= 15 is 0 Å². The molecule has 0 saturated heterocycles. The zero-order chi connectivity index (χ0) is 22.1. The molecule has 0 aliphatic carbocycles. The molecule has 11 nitrogen and oxygen atoms in total. The number of carbonyl (C=O) groups is 1. The summed E-state index contributed by atoms with van der Waals surface area (Å²) >= 11 is 0. The van der Waals surface area contributed by atoms with Crippen molar-refractivity contribution in [3.8, 4) is 6.01 Å². The first-order chi connectivity index (χ1) is 14.3. The summed E-state index contributed by atoms with van der Waals surface area (Å²) in [7, 11) is 0. The molecule has 2 rings (SSSR count). The van der Waals surface area contributed by atoms with Gasteiger partial charge in [-0.1, -0.05) is 19.4 Å². The Morgan fingerprint density at radius 2 is 2.07 bits per heavy atom. The summed E-state index contributed by atoms with van der Waals surface area (Å²) < 4.78 is 10.5. The number of pyridine rings is 1. The highest BCUT2D eigenvalue weighted by Gasteiger charge is 2.29. The van der Waals surface area contributed by atoms with Crippen molar-refractivity contribution in [3.05, 3.63) is 39.7 Å². The Balaban J connectivity index is 2.47. The molecule has 0 aliphatic heterocycles. The first-order valence-corrected chi connectivity index (χ1v) is 9.62. The molecule has 30 heavy (non-hydrogen) atoms. The summed E-state index contributed by atoms with van der Waals surface area (Å²) in [6, 6.07) is 3.53. The number of ether oxygens (including phenoxy) is 2. The third-order valence-electron chi connectivity index (χ3n) is 4.05. The Labute approximate surface area is 174 Å². The van der Waals surface area contributed by atoms with Crippen LogP contribution in [0, 0.1) is 17.0 Å². The molecule has 2 heterocycles. The number of nitrogens with zero attached hydrogens (tertiary/aromatic N) is 5. The quantitative estimate of drug-likeness (QED) is 0.250. The van der Waals surface area contributed by atoms with Gasteiger partial charge in [-0.2, -0.15) is 9.97 Å². The van der Waals surface area contributed by atoms with Crippen molar-refractivity contribution >= 4 is 23.3 Å². The van der Waals surface area contributed by atoms with Crippen LogP contribution >= 0.6 is 0 Å². The van der Waals surface area contributed by atoms with Gasteiger partial charge in [-0.25, -0.2) is 0 Å². The second kappa shape index (κ2) is 10.9. The van der Waals surface area contributed by atoms with Gasteiger partial charge in [0.1, 0.15) is 6.54 Å². The van der Waals surface area contributed by atoms with Gasteiger partial charge < -0.3 is 20.1 Å². The second-order valence-corrected chi connectivity index (χ2v) is 6.49. The number of nitro groups is 1. The molecule has 0 fully saturated rings. The van der Waals surface area contributed by atoms with E-state index in [1.54, 1.807) is 19.2 Å². The van der Waals surface area contributed by atoms with Crippen LogP contribution in [0.15, 0.2) is 18.3 Å². The van der Waals surface area contributed by atoms with Gasteiger partial charge in [0.2, 0.25) is 11.6 Å². The first kappa shape index (κ1) is 22.8. The highest BCUT2D eigenvalue weighted by molar-refractivity contribution is 5.78. The lowest BCUT2D eigenvalue weighted by molar-refractivity contribution is -0.383. The molecule has 2 N–H and O–H groups in total. The molecule has 0 amide bonds. The molecule has 2 aromatic rings. The van der Waals surface area contributed by atoms with Crippen LogP contribution in [0.3, 0.4) is 0 Å². The van der Waals surface area contributed by atoms with E-state index in [-0.39, 0.29) is 37.3 Å². The van der Waals surface area contributed by atoms with Crippen LogP contribution in [-0.4, -0.2) is 45.6 Å². The van der Waals surface area contributed by atoms with Crippen molar-refractivity contribution in [2.45, 2.75) is 40.2 Å². The van der Waals surface area contributed by atoms with Crippen molar-refractivity contribution in [2.75, 3.05) is 30.4 Å². The standard InChI is InChI=1S/C19H26N6O5/c1-4-6-9-30-19-22-17(20)16(25(27)28)18(23-19)24(12-15(26)29-5-2)11-14-8-7-13(3)21-10-14/h7-8,10H,4-6,9,11-12H2,1-3H3,(H2,20,22,23). The van der Waals surface area contributed by atoms with E-state index in [0.29, 0.717) is 6.61 Å². The summed E-state index contributed by atoms with van der Waals surface area (Å²) in [5.74, 6) is -1.02. The van der Waals surface area contributed by atoms with Crippen molar-refractivity contribution < 1.29 is 19.2 Å². The first-order valence-electron chi connectivity index (χ1n) is 9.62. The van der Waals surface area contributed by atoms with Crippen molar-refractivity contribution in [2.24, 2.45) is 0 Å². The fourth-order valence-electron chi connectivity index (χ4n) is 2.59. The SMILES string of the molecule is CCCCOc1nc(N)c([N+](=O)[O-])c(N(CC(=O)OCC)Cc2ccc(C)nc2)n1. The molecule has 162 valence electrons. The molecule has 0 unspecified atom stereocenters. The zero-order valence-electron chi connectivity index (χ0n) is 17.3. The van der Waals surface area contributed by atoms with Crippen LogP contribution in [0.4, 0.5) is 17.3 Å². The van der Waals surface area contributed by atoms with Gasteiger partial charge in [-0.05, 0) is 31.9 Å². The smallest absolute Gasteiger partial charge is 0.353 e. The summed E-state index contributed by atoms with van der Waals surface area (Å²) in [4.78, 5) is 36.9. The minimum atomic E-state index is -0.675. The van der Waals surface area contributed by atoms with E-state index in [0.717, 1.165) is 24.1 Å². The maximum atomic E-state index is 12.2. The molecule has 0 bridgehead atoms. The number of carbonyl (C=O) groups excluding carboxylic acids is 1. The summed E-state index contributed by atoms with van der Waals surface area (Å²) in [6.07, 6.45) is 3.28. The third kappa shape index (κ3) is 6.26. The average Bonchev–Trinajstić information content (AvgIpc) is 2.68. The summed E-state index contributed by atoms with van der Waals surface area (Å²) in [5.41, 5.74) is 6.89. The van der Waals surface area contributed by atoms with Crippen LogP contribution in [-0.2, 0) is 16.1 Å². The Bertz CT molecular complexity index is 874. The van der Waals surface area contributed by atoms with E-state index in [1.807, 2.05) is 19.9 Å². The van der Waals surface area contributed by atoms with E-state index in [1.165, 1.54) is 4.90 Å². The number of unbranched alkanes of at least 4 members (excludes halogenated alkanes) is 1. The second-order valence-electron chi connectivity index (χ2n) is 6.49. The highest BCUT2D eigenvalue weighted by atomic mass is 16.6. The normalized spacial score (nSPS) is 10.5. The number of rotatable bonds is 11. The fraction of sp³-hybridized carbons (Fsp3) is 0.474. The number of nitrogen functional groups attached to an aromatic ring is 1. The molecule has 0 aromatic carbocycles. The number of hydrogen-bond acceptors (Lipinski definition) is 10.